The van der Waals surface area contributed by atoms with Crippen LogP contribution in [0.15, 0.2) is 36.7 Å². The van der Waals surface area contributed by atoms with E-state index >= 15 is 0 Å². The van der Waals surface area contributed by atoms with Gasteiger partial charge in [0.15, 0.2) is 0 Å². The Morgan fingerprint density at radius 3 is 2.84 bits per heavy atom. The lowest BCUT2D eigenvalue weighted by molar-refractivity contribution is 0.330. The van der Waals surface area contributed by atoms with Crippen molar-refractivity contribution < 1.29 is 4.74 Å². The molecular weight excluding hydrogens is 240 g/mol. The van der Waals surface area contributed by atoms with Gasteiger partial charge in [-0.3, -0.25) is 11.3 Å². The van der Waals surface area contributed by atoms with E-state index in [-0.39, 0.29) is 6.04 Å². The van der Waals surface area contributed by atoms with Gasteiger partial charge in [-0.05, 0) is 13.0 Å². The lowest BCUT2D eigenvalue weighted by Gasteiger charge is -2.19. The summed E-state index contributed by atoms with van der Waals surface area (Å²) < 4.78 is 7.64. The minimum Gasteiger partial charge on any atom is -0.494 e. The maximum Gasteiger partial charge on any atom is 0.124 e. The molecule has 0 aliphatic carbocycles. The van der Waals surface area contributed by atoms with Crippen molar-refractivity contribution >= 4 is 0 Å². The van der Waals surface area contributed by atoms with Crippen molar-refractivity contribution in [3.8, 4) is 5.75 Å². The topological polar surface area (TPSA) is 65.1 Å². The van der Waals surface area contributed by atoms with Crippen molar-refractivity contribution in [1.29, 1.82) is 0 Å². The third-order valence-corrected chi connectivity index (χ3v) is 3.10. The van der Waals surface area contributed by atoms with E-state index in [0.29, 0.717) is 13.0 Å². The molecule has 0 aliphatic heterocycles. The number of hydrazine groups is 1. The number of benzene rings is 1. The third-order valence-electron chi connectivity index (χ3n) is 3.10. The molecule has 1 atom stereocenters. The highest BCUT2D eigenvalue weighted by Crippen LogP contribution is 2.26. The highest BCUT2D eigenvalue weighted by atomic mass is 16.5. The second kappa shape index (κ2) is 6.36. The predicted molar refractivity (Wildman–Crippen MR) is 74.6 cm³/mol. The summed E-state index contributed by atoms with van der Waals surface area (Å²) in [7, 11) is 1.98. The van der Waals surface area contributed by atoms with Gasteiger partial charge in [0.05, 0.1) is 12.6 Å². The Labute approximate surface area is 113 Å². The van der Waals surface area contributed by atoms with Crippen molar-refractivity contribution in [2.75, 3.05) is 6.61 Å². The first-order valence-corrected chi connectivity index (χ1v) is 6.40. The summed E-state index contributed by atoms with van der Waals surface area (Å²) in [5.74, 6) is 7.54. The van der Waals surface area contributed by atoms with Gasteiger partial charge in [0.25, 0.3) is 0 Å². The van der Waals surface area contributed by atoms with Crippen molar-refractivity contribution in [3.63, 3.8) is 0 Å². The largest absolute Gasteiger partial charge is 0.494 e. The number of imidazole rings is 1. The molecule has 1 heterocycles. The van der Waals surface area contributed by atoms with Crippen LogP contribution in [0.4, 0.5) is 0 Å². The molecule has 3 N–H and O–H groups in total. The van der Waals surface area contributed by atoms with Gasteiger partial charge in [-0.2, -0.15) is 0 Å². The van der Waals surface area contributed by atoms with Gasteiger partial charge in [0.1, 0.15) is 11.6 Å². The van der Waals surface area contributed by atoms with E-state index in [4.69, 9.17) is 10.6 Å². The van der Waals surface area contributed by atoms with E-state index in [1.54, 1.807) is 6.20 Å². The fourth-order valence-corrected chi connectivity index (χ4v) is 2.09. The SMILES string of the molecule is CCOc1ccccc1C(Cc1nccn1C)NN. The van der Waals surface area contributed by atoms with Crippen LogP contribution < -0.4 is 16.0 Å². The van der Waals surface area contributed by atoms with E-state index in [9.17, 15) is 0 Å². The lowest BCUT2D eigenvalue weighted by Crippen LogP contribution is -2.30. The number of hydrogen-bond acceptors (Lipinski definition) is 4. The normalized spacial score (nSPS) is 12.4. The summed E-state index contributed by atoms with van der Waals surface area (Å²) in [6.07, 6.45) is 4.43. The molecule has 1 aromatic carbocycles. The molecule has 2 aromatic rings. The van der Waals surface area contributed by atoms with Crippen LogP contribution in [0.2, 0.25) is 0 Å². The number of nitrogens with one attached hydrogen (secondary N) is 1. The van der Waals surface area contributed by atoms with Gasteiger partial charge in [-0.1, -0.05) is 18.2 Å². The van der Waals surface area contributed by atoms with E-state index < -0.39 is 0 Å². The minimum atomic E-state index is -0.0242. The quantitative estimate of drug-likeness (QED) is 0.611. The number of aryl methyl sites for hydroxylation is 1. The summed E-state index contributed by atoms with van der Waals surface area (Å²) in [5.41, 5.74) is 3.90. The van der Waals surface area contributed by atoms with Crippen LogP contribution in [0, 0.1) is 0 Å². The first-order valence-electron chi connectivity index (χ1n) is 6.40. The maximum absolute atomic E-state index is 5.69. The molecule has 0 amide bonds. The number of para-hydroxylation sites is 1. The van der Waals surface area contributed by atoms with Gasteiger partial charge in [-0.25, -0.2) is 4.98 Å². The summed E-state index contributed by atoms with van der Waals surface area (Å²) in [6.45, 7) is 2.61. The fourth-order valence-electron chi connectivity index (χ4n) is 2.09. The van der Waals surface area contributed by atoms with E-state index in [1.807, 2.05) is 49.0 Å². The smallest absolute Gasteiger partial charge is 0.124 e. The zero-order valence-electron chi connectivity index (χ0n) is 11.3. The Hall–Kier alpha value is -1.85. The van der Waals surface area contributed by atoms with Gasteiger partial charge in [0.2, 0.25) is 0 Å². The molecule has 0 spiro atoms. The summed E-state index contributed by atoms with van der Waals surface area (Å²) >= 11 is 0. The van der Waals surface area contributed by atoms with Gasteiger partial charge < -0.3 is 9.30 Å². The molecule has 1 aromatic heterocycles. The van der Waals surface area contributed by atoms with Crippen LogP contribution >= 0.6 is 0 Å². The second-order valence-electron chi connectivity index (χ2n) is 4.35. The summed E-state index contributed by atoms with van der Waals surface area (Å²) in [6, 6.07) is 7.91. The first-order chi connectivity index (χ1) is 9.26. The van der Waals surface area contributed by atoms with Gasteiger partial charge in [-0.15, -0.1) is 0 Å². The molecule has 0 saturated carbocycles. The fraction of sp³-hybridized carbons (Fsp3) is 0.357. The Kier molecular flexibility index (Phi) is 4.54. The van der Waals surface area contributed by atoms with E-state index in [0.717, 1.165) is 17.1 Å². The molecule has 0 radical (unpaired) electrons. The standard InChI is InChI=1S/C14H20N4O/c1-3-19-13-7-5-4-6-11(13)12(17-15)10-14-16-8-9-18(14)2/h4-9,12,17H,3,10,15H2,1-2H3. The second-order valence-corrected chi connectivity index (χ2v) is 4.35. The van der Waals surface area contributed by atoms with Crippen LogP contribution in [0.3, 0.4) is 0 Å². The van der Waals surface area contributed by atoms with Crippen molar-refractivity contribution in [3.05, 3.63) is 48.0 Å². The van der Waals surface area contributed by atoms with Gasteiger partial charge >= 0.3 is 0 Å². The minimum absolute atomic E-state index is 0.0242. The zero-order chi connectivity index (χ0) is 13.7. The zero-order valence-corrected chi connectivity index (χ0v) is 11.3. The van der Waals surface area contributed by atoms with Crippen molar-refractivity contribution in [1.82, 2.24) is 15.0 Å². The third kappa shape index (κ3) is 3.13. The van der Waals surface area contributed by atoms with E-state index in [2.05, 4.69) is 10.4 Å². The van der Waals surface area contributed by atoms with Crippen molar-refractivity contribution in [2.24, 2.45) is 12.9 Å². The molecule has 0 aliphatic rings. The average molecular weight is 260 g/mol. The number of ether oxygens (including phenoxy) is 1. The molecule has 5 nitrogen and oxygen atoms in total. The molecule has 0 saturated heterocycles. The van der Waals surface area contributed by atoms with Crippen LogP contribution in [0.1, 0.15) is 24.4 Å². The maximum atomic E-state index is 5.69. The molecule has 19 heavy (non-hydrogen) atoms. The lowest BCUT2D eigenvalue weighted by atomic mass is 10.0. The van der Waals surface area contributed by atoms with Crippen molar-refractivity contribution in [2.45, 2.75) is 19.4 Å². The Morgan fingerprint density at radius 1 is 1.42 bits per heavy atom. The number of nitrogens with two attached hydrogens (primary N) is 1. The van der Waals surface area contributed by atoms with Crippen LogP contribution in [-0.4, -0.2) is 16.2 Å². The molecule has 2 rings (SSSR count). The summed E-state index contributed by atoms with van der Waals surface area (Å²) in [4.78, 5) is 4.33. The Morgan fingerprint density at radius 2 is 2.21 bits per heavy atom. The monoisotopic (exact) mass is 260 g/mol. The molecule has 0 bridgehead atoms. The number of rotatable bonds is 6. The highest BCUT2D eigenvalue weighted by molar-refractivity contribution is 5.36. The molecule has 5 heteroatoms. The Balaban J connectivity index is 2.24. The molecule has 1 unspecified atom stereocenters. The number of nitrogens with zero attached hydrogens (tertiary/aromatic N) is 2. The van der Waals surface area contributed by atoms with E-state index in [1.165, 1.54) is 0 Å². The van der Waals surface area contributed by atoms with Crippen LogP contribution in [0.5, 0.6) is 5.75 Å². The molecule has 0 fully saturated rings. The number of aromatic nitrogens is 2. The molecule has 102 valence electrons. The Bertz CT molecular complexity index is 524. The molecular formula is C14H20N4O. The van der Waals surface area contributed by atoms with Crippen LogP contribution in [-0.2, 0) is 13.5 Å². The van der Waals surface area contributed by atoms with Gasteiger partial charge in [0, 0.05) is 31.4 Å². The predicted octanol–water partition coefficient (Wildman–Crippen LogP) is 1.57. The first kappa shape index (κ1) is 13.6. The highest BCUT2D eigenvalue weighted by Gasteiger charge is 2.17. The number of hydrogen-bond donors (Lipinski definition) is 2. The summed E-state index contributed by atoms with van der Waals surface area (Å²) in [5, 5.41) is 0. The average Bonchev–Trinajstić information content (AvgIpc) is 2.83. The van der Waals surface area contributed by atoms with Crippen LogP contribution in [0.25, 0.3) is 0 Å².